The van der Waals surface area contributed by atoms with Crippen molar-refractivity contribution in [2.24, 2.45) is 0 Å². The van der Waals surface area contributed by atoms with Crippen molar-refractivity contribution >= 4 is 15.9 Å². The normalized spacial score (nSPS) is 15.7. The van der Waals surface area contributed by atoms with Crippen molar-refractivity contribution in [1.82, 2.24) is 14.5 Å². The standard InChI is InChI=1S/C14H16BrN3/c1-10-4-3-5-11(8-10)14-16-13(15)12-9-17(2)6-7-18(12)14/h3-5,8H,6-7,9H2,1-2H3. The van der Waals surface area contributed by atoms with Crippen molar-refractivity contribution in [2.75, 3.05) is 13.6 Å². The van der Waals surface area contributed by atoms with Gasteiger partial charge in [-0.3, -0.25) is 4.90 Å². The molecule has 0 atom stereocenters. The molecule has 2 aromatic rings. The molecular weight excluding hydrogens is 290 g/mol. The number of aromatic nitrogens is 2. The lowest BCUT2D eigenvalue weighted by Crippen LogP contribution is -2.30. The molecule has 1 aliphatic rings. The van der Waals surface area contributed by atoms with E-state index < -0.39 is 0 Å². The molecule has 18 heavy (non-hydrogen) atoms. The maximum Gasteiger partial charge on any atom is 0.141 e. The van der Waals surface area contributed by atoms with Gasteiger partial charge in [-0.25, -0.2) is 4.98 Å². The van der Waals surface area contributed by atoms with Crippen LogP contribution in [-0.4, -0.2) is 28.0 Å². The van der Waals surface area contributed by atoms with E-state index in [1.807, 2.05) is 0 Å². The predicted molar refractivity (Wildman–Crippen MR) is 76.4 cm³/mol. The molecule has 0 N–H and O–H groups in total. The summed E-state index contributed by atoms with van der Waals surface area (Å²) in [7, 11) is 2.15. The predicted octanol–water partition coefficient (Wildman–Crippen LogP) is 3.07. The summed E-state index contributed by atoms with van der Waals surface area (Å²) < 4.78 is 3.31. The van der Waals surface area contributed by atoms with Crippen LogP contribution in [0.1, 0.15) is 11.3 Å². The Balaban J connectivity index is 2.11. The van der Waals surface area contributed by atoms with E-state index in [1.54, 1.807) is 0 Å². The van der Waals surface area contributed by atoms with Crippen molar-refractivity contribution in [3.05, 3.63) is 40.1 Å². The van der Waals surface area contributed by atoms with E-state index in [0.717, 1.165) is 30.1 Å². The molecule has 0 radical (unpaired) electrons. The highest BCUT2D eigenvalue weighted by Gasteiger charge is 2.21. The fourth-order valence-corrected chi connectivity index (χ4v) is 2.97. The molecule has 3 rings (SSSR count). The third kappa shape index (κ3) is 1.99. The van der Waals surface area contributed by atoms with E-state index in [4.69, 9.17) is 4.98 Å². The summed E-state index contributed by atoms with van der Waals surface area (Å²) in [5, 5.41) is 0. The van der Waals surface area contributed by atoms with Crippen LogP contribution in [0, 0.1) is 6.92 Å². The van der Waals surface area contributed by atoms with Gasteiger partial charge in [0.1, 0.15) is 10.4 Å². The summed E-state index contributed by atoms with van der Waals surface area (Å²) in [6.07, 6.45) is 0. The number of halogens is 1. The van der Waals surface area contributed by atoms with Crippen LogP contribution in [0.3, 0.4) is 0 Å². The Morgan fingerprint density at radius 1 is 1.28 bits per heavy atom. The number of benzene rings is 1. The molecule has 0 saturated heterocycles. The number of nitrogens with zero attached hydrogens (tertiary/aromatic N) is 3. The number of hydrogen-bond donors (Lipinski definition) is 0. The first-order valence-corrected chi connectivity index (χ1v) is 6.95. The molecule has 0 unspecified atom stereocenters. The average molecular weight is 306 g/mol. The molecule has 1 aliphatic heterocycles. The molecular formula is C14H16BrN3. The van der Waals surface area contributed by atoms with Crippen LogP contribution in [0.2, 0.25) is 0 Å². The lowest BCUT2D eigenvalue weighted by molar-refractivity contribution is 0.270. The maximum absolute atomic E-state index is 4.69. The lowest BCUT2D eigenvalue weighted by Gasteiger charge is -2.25. The van der Waals surface area contributed by atoms with Crippen molar-refractivity contribution in [1.29, 1.82) is 0 Å². The second kappa shape index (κ2) is 4.52. The van der Waals surface area contributed by atoms with Crippen molar-refractivity contribution in [2.45, 2.75) is 20.0 Å². The van der Waals surface area contributed by atoms with Gasteiger partial charge in [-0.2, -0.15) is 0 Å². The molecule has 0 saturated carbocycles. The Morgan fingerprint density at radius 3 is 2.89 bits per heavy atom. The molecule has 0 bridgehead atoms. The number of hydrogen-bond acceptors (Lipinski definition) is 2. The third-order valence-corrected chi connectivity index (χ3v) is 4.06. The van der Waals surface area contributed by atoms with Crippen LogP contribution in [0.5, 0.6) is 0 Å². The van der Waals surface area contributed by atoms with Crippen molar-refractivity contribution < 1.29 is 0 Å². The monoisotopic (exact) mass is 305 g/mol. The summed E-state index contributed by atoms with van der Waals surface area (Å²) in [6.45, 7) is 5.16. The summed E-state index contributed by atoms with van der Waals surface area (Å²) in [5.41, 5.74) is 3.75. The van der Waals surface area contributed by atoms with E-state index >= 15 is 0 Å². The van der Waals surface area contributed by atoms with Gasteiger partial charge in [0.2, 0.25) is 0 Å². The van der Waals surface area contributed by atoms with Gasteiger partial charge in [-0.05, 0) is 36.0 Å². The molecule has 0 fully saturated rings. The highest BCUT2D eigenvalue weighted by molar-refractivity contribution is 9.10. The van der Waals surface area contributed by atoms with E-state index in [-0.39, 0.29) is 0 Å². The molecule has 4 heteroatoms. The average Bonchev–Trinajstić information content (AvgIpc) is 2.67. The Labute approximate surface area is 116 Å². The summed E-state index contributed by atoms with van der Waals surface area (Å²) >= 11 is 3.59. The molecule has 0 amide bonds. The Kier molecular flexibility index (Phi) is 2.99. The molecule has 0 spiro atoms. The zero-order valence-electron chi connectivity index (χ0n) is 10.7. The summed E-state index contributed by atoms with van der Waals surface area (Å²) in [6, 6.07) is 8.54. The second-order valence-electron chi connectivity index (χ2n) is 4.93. The van der Waals surface area contributed by atoms with E-state index in [9.17, 15) is 0 Å². The van der Waals surface area contributed by atoms with Crippen molar-refractivity contribution in [3.63, 3.8) is 0 Å². The third-order valence-electron chi connectivity index (χ3n) is 3.42. The Bertz CT molecular complexity index is 589. The minimum Gasteiger partial charge on any atom is -0.325 e. The highest BCUT2D eigenvalue weighted by Crippen LogP contribution is 2.29. The minimum absolute atomic E-state index is 0.958. The van der Waals surface area contributed by atoms with Gasteiger partial charge in [0.15, 0.2) is 0 Å². The van der Waals surface area contributed by atoms with Crippen LogP contribution < -0.4 is 0 Å². The Hall–Kier alpha value is -1.13. The molecule has 1 aromatic carbocycles. The first-order valence-electron chi connectivity index (χ1n) is 6.15. The van der Waals surface area contributed by atoms with Gasteiger partial charge in [0.05, 0.1) is 5.69 Å². The number of rotatable bonds is 1. The van der Waals surface area contributed by atoms with Crippen molar-refractivity contribution in [3.8, 4) is 11.4 Å². The van der Waals surface area contributed by atoms with Gasteiger partial charge < -0.3 is 4.57 Å². The smallest absolute Gasteiger partial charge is 0.141 e. The molecule has 94 valence electrons. The molecule has 0 aliphatic carbocycles. The fraction of sp³-hybridized carbons (Fsp3) is 0.357. The summed E-state index contributed by atoms with van der Waals surface area (Å²) in [5.74, 6) is 1.08. The number of fused-ring (bicyclic) bond motifs is 1. The lowest BCUT2D eigenvalue weighted by atomic mass is 10.1. The summed E-state index contributed by atoms with van der Waals surface area (Å²) in [4.78, 5) is 7.01. The minimum atomic E-state index is 0.958. The van der Waals surface area contributed by atoms with Crippen LogP contribution in [0.25, 0.3) is 11.4 Å². The van der Waals surface area contributed by atoms with Gasteiger partial charge in [-0.1, -0.05) is 23.8 Å². The van der Waals surface area contributed by atoms with E-state index in [1.165, 1.54) is 16.8 Å². The van der Waals surface area contributed by atoms with E-state index in [0.29, 0.717) is 0 Å². The van der Waals surface area contributed by atoms with Crippen LogP contribution in [0.15, 0.2) is 28.9 Å². The van der Waals surface area contributed by atoms with Gasteiger partial charge >= 0.3 is 0 Å². The fourth-order valence-electron chi connectivity index (χ4n) is 2.46. The Morgan fingerprint density at radius 2 is 2.11 bits per heavy atom. The van der Waals surface area contributed by atoms with Gasteiger partial charge in [0.25, 0.3) is 0 Å². The number of aryl methyl sites for hydroxylation is 1. The van der Waals surface area contributed by atoms with Gasteiger partial charge in [-0.15, -0.1) is 0 Å². The van der Waals surface area contributed by atoms with E-state index in [2.05, 4.69) is 63.6 Å². The number of likely N-dealkylation sites (N-methyl/N-ethyl adjacent to an activating group) is 1. The molecule has 1 aromatic heterocycles. The zero-order chi connectivity index (χ0) is 12.7. The van der Waals surface area contributed by atoms with Crippen LogP contribution in [-0.2, 0) is 13.1 Å². The first kappa shape index (κ1) is 11.9. The second-order valence-corrected chi connectivity index (χ2v) is 5.68. The first-order chi connectivity index (χ1) is 8.65. The largest absolute Gasteiger partial charge is 0.325 e. The zero-order valence-corrected chi connectivity index (χ0v) is 12.2. The SMILES string of the molecule is Cc1cccc(-c2nc(Br)c3n2CCN(C)C3)c1. The van der Waals surface area contributed by atoms with Gasteiger partial charge in [0, 0.05) is 25.2 Å². The van der Waals surface area contributed by atoms with Crippen LogP contribution in [0.4, 0.5) is 0 Å². The van der Waals surface area contributed by atoms with Crippen LogP contribution >= 0.6 is 15.9 Å². The maximum atomic E-state index is 4.69. The highest BCUT2D eigenvalue weighted by atomic mass is 79.9. The topological polar surface area (TPSA) is 21.1 Å². The molecule has 2 heterocycles. The number of imidazole rings is 1. The quantitative estimate of drug-likeness (QED) is 0.807. The molecule has 3 nitrogen and oxygen atoms in total.